The average molecular weight is 476 g/mol. The number of hydrogen-bond acceptors (Lipinski definition) is 7. The van der Waals surface area contributed by atoms with Crippen molar-refractivity contribution in [2.24, 2.45) is 5.92 Å². The summed E-state index contributed by atoms with van der Waals surface area (Å²) >= 11 is 0. The summed E-state index contributed by atoms with van der Waals surface area (Å²) in [6, 6.07) is 3.05. The first kappa shape index (κ1) is 25.5. The second kappa shape index (κ2) is 10.9. The van der Waals surface area contributed by atoms with Crippen molar-refractivity contribution in [3.8, 4) is 5.75 Å². The number of carbonyl (C=O) groups excluding carboxylic acids is 4. The Hall–Kier alpha value is -3.14. The van der Waals surface area contributed by atoms with Crippen molar-refractivity contribution in [3.05, 3.63) is 29.3 Å². The number of nitrogens with one attached hydrogen (secondary N) is 2. The third kappa shape index (κ3) is 5.32. The van der Waals surface area contributed by atoms with Crippen LogP contribution in [-0.4, -0.2) is 73.8 Å². The molecule has 0 spiro atoms. The fraction of sp³-hybridized carbons (Fsp3) is 0.583. The lowest BCUT2D eigenvalue weighted by Gasteiger charge is -2.31. The van der Waals surface area contributed by atoms with Crippen LogP contribution in [0.3, 0.4) is 0 Å². The molecule has 2 saturated heterocycles. The molecule has 3 amide bonds. The van der Waals surface area contributed by atoms with Crippen LogP contribution in [0.4, 0.5) is 0 Å². The number of rotatable bonds is 8. The van der Waals surface area contributed by atoms with E-state index in [9.17, 15) is 19.2 Å². The maximum Gasteiger partial charge on any atom is 0.310 e. The van der Waals surface area contributed by atoms with E-state index < -0.39 is 30.4 Å². The lowest BCUT2D eigenvalue weighted by atomic mass is 10.0. The van der Waals surface area contributed by atoms with Gasteiger partial charge in [0.2, 0.25) is 18.1 Å². The number of ether oxygens (including phenoxy) is 3. The number of carbonyl (C=O) groups is 4. The number of methoxy groups -OCH3 is 2. The van der Waals surface area contributed by atoms with Gasteiger partial charge in [0, 0.05) is 24.8 Å². The molecule has 0 aromatic heterocycles. The average Bonchev–Trinajstić information content (AvgIpc) is 3.43. The summed E-state index contributed by atoms with van der Waals surface area (Å²) in [7, 11) is 2.93. The zero-order valence-electron chi connectivity index (χ0n) is 20.3. The molecular weight excluding hydrogens is 442 g/mol. The predicted molar refractivity (Wildman–Crippen MR) is 122 cm³/mol. The van der Waals surface area contributed by atoms with Crippen LogP contribution < -0.4 is 15.4 Å². The van der Waals surface area contributed by atoms with E-state index in [0.29, 0.717) is 36.3 Å². The minimum atomic E-state index is -0.851. The number of benzene rings is 1. The van der Waals surface area contributed by atoms with E-state index in [-0.39, 0.29) is 30.1 Å². The van der Waals surface area contributed by atoms with Crippen LogP contribution in [0.15, 0.2) is 18.2 Å². The molecule has 2 aliphatic heterocycles. The molecule has 4 atom stereocenters. The highest BCUT2D eigenvalue weighted by Gasteiger charge is 2.42. The van der Waals surface area contributed by atoms with E-state index in [4.69, 9.17) is 14.2 Å². The Morgan fingerprint density at radius 2 is 1.94 bits per heavy atom. The van der Waals surface area contributed by atoms with E-state index >= 15 is 0 Å². The molecule has 0 radical (unpaired) electrons. The van der Waals surface area contributed by atoms with Crippen LogP contribution in [0, 0.1) is 12.8 Å². The quantitative estimate of drug-likeness (QED) is 0.541. The van der Waals surface area contributed by atoms with Crippen molar-refractivity contribution in [2.75, 3.05) is 20.8 Å². The van der Waals surface area contributed by atoms with Gasteiger partial charge in [0.25, 0.3) is 5.91 Å². The second-order valence-electron chi connectivity index (χ2n) is 8.93. The Labute approximate surface area is 199 Å². The molecule has 34 heavy (non-hydrogen) atoms. The molecule has 186 valence electrons. The first-order valence-electron chi connectivity index (χ1n) is 11.5. The number of likely N-dealkylation sites (tertiary alicyclic amines) is 1. The third-order valence-corrected chi connectivity index (χ3v) is 6.33. The zero-order chi connectivity index (χ0) is 25.0. The highest BCUT2D eigenvalue weighted by molar-refractivity contribution is 6.00. The lowest BCUT2D eigenvalue weighted by Crippen LogP contribution is -2.56. The van der Waals surface area contributed by atoms with E-state index in [2.05, 4.69) is 10.6 Å². The summed E-state index contributed by atoms with van der Waals surface area (Å²) in [6.07, 6.45) is 0.307. The van der Waals surface area contributed by atoms with Gasteiger partial charge in [-0.15, -0.1) is 0 Å². The Bertz CT molecular complexity index is 948. The summed E-state index contributed by atoms with van der Waals surface area (Å²) in [6.45, 7) is 5.88. The molecule has 0 unspecified atom stereocenters. The number of hydrogen-bond donors (Lipinski definition) is 2. The Morgan fingerprint density at radius 3 is 2.59 bits per heavy atom. The van der Waals surface area contributed by atoms with Crippen LogP contribution in [-0.2, 0) is 23.9 Å². The Morgan fingerprint density at radius 1 is 1.21 bits per heavy atom. The lowest BCUT2D eigenvalue weighted by molar-refractivity contribution is -0.160. The van der Waals surface area contributed by atoms with Gasteiger partial charge in [0.1, 0.15) is 23.9 Å². The summed E-state index contributed by atoms with van der Waals surface area (Å²) in [5.41, 5.74) is 1.10. The van der Waals surface area contributed by atoms with E-state index in [1.807, 2.05) is 13.8 Å². The van der Waals surface area contributed by atoms with Crippen LogP contribution >= 0.6 is 0 Å². The van der Waals surface area contributed by atoms with Crippen molar-refractivity contribution in [1.29, 1.82) is 0 Å². The van der Waals surface area contributed by atoms with Crippen molar-refractivity contribution in [1.82, 2.24) is 15.5 Å². The van der Waals surface area contributed by atoms with Crippen LogP contribution in [0.2, 0.25) is 0 Å². The Kier molecular flexibility index (Phi) is 8.14. The van der Waals surface area contributed by atoms with Crippen molar-refractivity contribution in [2.45, 2.75) is 64.4 Å². The molecule has 2 N–H and O–H groups in total. The first-order valence-corrected chi connectivity index (χ1v) is 11.5. The van der Waals surface area contributed by atoms with Gasteiger partial charge in [-0.05, 0) is 37.8 Å². The van der Waals surface area contributed by atoms with E-state index in [1.165, 1.54) is 19.1 Å². The summed E-state index contributed by atoms with van der Waals surface area (Å²) in [4.78, 5) is 52.6. The van der Waals surface area contributed by atoms with Gasteiger partial charge in [0.05, 0.1) is 13.5 Å². The molecule has 1 aromatic rings. The largest absolute Gasteiger partial charge is 0.496 e. The van der Waals surface area contributed by atoms with Crippen LogP contribution in [0.25, 0.3) is 0 Å². The molecule has 2 aliphatic rings. The third-order valence-electron chi connectivity index (χ3n) is 6.33. The second-order valence-corrected chi connectivity index (χ2v) is 8.93. The van der Waals surface area contributed by atoms with Crippen molar-refractivity contribution >= 4 is 23.7 Å². The summed E-state index contributed by atoms with van der Waals surface area (Å²) < 4.78 is 15.4. The van der Waals surface area contributed by atoms with Gasteiger partial charge in [-0.3, -0.25) is 19.2 Å². The predicted octanol–water partition coefficient (Wildman–Crippen LogP) is 1.15. The monoisotopic (exact) mass is 475 g/mol. The van der Waals surface area contributed by atoms with Crippen LogP contribution in [0.5, 0.6) is 5.75 Å². The molecule has 0 bridgehead atoms. The SMILES string of the molecule is COc1cccc(C(=O)N[C@H](C(=O)N2CCC[C@H]2C(=O)N[C@@H]2CC(=O)O[C@H]2OC)C(C)C)c1C. The van der Waals surface area contributed by atoms with E-state index in [1.54, 1.807) is 25.1 Å². The molecule has 3 rings (SSSR count). The molecule has 10 heteroatoms. The Balaban J connectivity index is 1.72. The van der Waals surface area contributed by atoms with Gasteiger partial charge in [-0.1, -0.05) is 19.9 Å². The molecule has 1 aromatic carbocycles. The zero-order valence-corrected chi connectivity index (χ0v) is 20.3. The van der Waals surface area contributed by atoms with Gasteiger partial charge in [0.15, 0.2) is 0 Å². The fourth-order valence-electron chi connectivity index (χ4n) is 4.44. The summed E-state index contributed by atoms with van der Waals surface area (Å²) in [5, 5.41) is 5.64. The molecule has 2 heterocycles. The molecule has 10 nitrogen and oxygen atoms in total. The highest BCUT2D eigenvalue weighted by Crippen LogP contribution is 2.24. The molecular formula is C24H33N3O7. The normalized spacial score (nSPS) is 22.9. The van der Waals surface area contributed by atoms with Crippen molar-refractivity contribution < 1.29 is 33.4 Å². The standard InChI is InChI=1S/C24H33N3O7/c1-13(2)20(26-21(29)15-8-6-10-18(32-4)14(15)3)23(31)27-11-7-9-17(27)22(30)25-16-12-19(28)34-24(16)33-5/h6,8,10,13,16-17,20,24H,7,9,11-12H2,1-5H3,(H,25,30)(H,26,29)/t16-,17+,20+,24-/m1/s1. The fourth-order valence-corrected chi connectivity index (χ4v) is 4.44. The summed E-state index contributed by atoms with van der Waals surface area (Å²) in [5.74, 6) is -1.14. The molecule has 0 aliphatic carbocycles. The van der Waals surface area contributed by atoms with Crippen LogP contribution in [0.1, 0.15) is 49.0 Å². The number of nitrogens with zero attached hydrogens (tertiary/aromatic N) is 1. The van der Waals surface area contributed by atoms with Gasteiger partial charge < -0.3 is 29.7 Å². The van der Waals surface area contributed by atoms with Gasteiger partial charge in [-0.2, -0.15) is 0 Å². The maximum atomic E-state index is 13.5. The number of cyclic esters (lactones) is 1. The van der Waals surface area contributed by atoms with Crippen molar-refractivity contribution in [3.63, 3.8) is 0 Å². The number of esters is 1. The minimum Gasteiger partial charge on any atom is -0.496 e. The minimum absolute atomic E-state index is 0.00940. The topological polar surface area (TPSA) is 123 Å². The molecule has 2 fully saturated rings. The number of amides is 3. The smallest absolute Gasteiger partial charge is 0.310 e. The maximum absolute atomic E-state index is 13.5. The molecule has 0 saturated carbocycles. The van der Waals surface area contributed by atoms with E-state index in [0.717, 1.165) is 0 Å². The van der Waals surface area contributed by atoms with Gasteiger partial charge in [-0.25, -0.2) is 0 Å². The first-order chi connectivity index (χ1) is 16.2. The van der Waals surface area contributed by atoms with Gasteiger partial charge >= 0.3 is 5.97 Å². The highest BCUT2D eigenvalue weighted by atomic mass is 16.7.